The minimum absolute atomic E-state index is 0. The molecule has 3 aromatic carbocycles. The monoisotopic (exact) mass is 402 g/mol. The van der Waals surface area contributed by atoms with Crippen molar-refractivity contribution in [2.45, 2.75) is 11.8 Å². The van der Waals surface area contributed by atoms with E-state index in [9.17, 15) is 17.8 Å². The van der Waals surface area contributed by atoms with Crippen LogP contribution >= 0.6 is 0 Å². The van der Waals surface area contributed by atoms with Crippen LogP contribution in [-0.4, -0.2) is 22.4 Å². The molecular weight excluding hydrogens is 391 g/mol. The third-order valence-corrected chi connectivity index (χ3v) is 5.65. The first-order valence-corrected chi connectivity index (χ1v) is 9.33. The smallest absolute Gasteiger partial charge is 0.744 e. The molecular formula is C19H11KN2O4S. The fourth-order valence-corrected chi connectivity index (χ4v) is 4.33. The van der Waals surface area contributed by atoms with Crippen LogP contribution in [0.15, 0.2) is 58.2 Å². The number of hydrogen-bond acceptors (Lipinski definition) is 5. The minimum atomic E-state index is -4.66. The second-order valence-corrected chi connectivity index (χ2v) is 7.71. The number of fused-ring (bicyclic) bond motifs is 4. The molecule has 0 saturated carbocycles. The first kappa shape index (κ1) is 18.9. The molecule has 0 aliphatic rings. The average molecular weight is 402 g/mol. The van der Waals surface area contributed by atoms with Crippen molar-refractivity contribution in [1.29, 1.82) is 0 Å². The summed E-state index contributed by atoms with van der Waals surface area (Å²) in [7, 11) is -4.66. The number of pyridine rings is 1. The van der Waals surface area contributed by atoms with Crippen molar-refractivity contribution in [2.75, 3.05) is 0 Å². The van der Waals surface area contributed by atoms with Crippen molar-refractivity contribution >= 4 is 48.3 Å². The molecule has 0 bridgehead atoms. The van der Waals surface area contributed by atoms with Crippen LogP contribution in [-0.2, 0) is 10.1 Å². The molecule has 8 heteroatoms. The van der Waals surface area contributed by atoms with Gasteiger partial charge in [0, 0.05) is 21.5 Å². The van der Waals surface area contributed by atoms with Crippen molar-refractivity contribution in [3.8, 4) is 0 Å². The molecule has 5 rings (SSSR count). The van der Waals surface area contributed by atoms with E-state index in [4.69, 9.17) is 0 Å². The Kier molecular flexibility index (Phi) is 4.43. The summed E-state index contributed by atoms with van der Waals surface area (Å²) in [5, 5.41) is 1.69. The molecule has 0 aliphatic carbocycles. The van der Waals surface area contributed by atoms with E-state index in [0.717, 1.165) is 5.56 Å². The van der Waals surface area contributed by atoms with E-state index >= 15 is 0 Å². The van der Waals surface area contributed by atoms with Crippen molar-refractivity contribution in [3.05, 3.63) is 64.4 Å². The quantitative estimate of drug-likeness (QED) is 0.286. The largest absolute Gasteiger partial charge is 1.00 e. The number of aromatic nitrogens is 2. The maximum atomic E-state index is 13.1. The Morgan fingerprint density at radius 2 is 1.74 bits per heavy atom. The summed E-state index contributed by atoms with van der Waals surface area (Å²) in [6.45, 7) is 1.94. The Morgan fingerprint density at radius 1 is 1.00 bits per heavy atom. The van der Waals surface area contributed by atoms with Gasteiger partial charge in [0.1, 0.15) is 15.8 Å². The van der Waals surface area contributed by atoms with E-state index in [1.54, 1.807) is 28.7 Å². The van der Waals surface area contributed by atoms with E-state index in [0.29, 0.717) is 32.8 Å². The second-order valence-electron chi connectivity index (χ2n) is 6.36. The summed E-state index contributed by atoms with van der Waals surface area (Å²) < 4.78 is 36.4. The summed E-state index contributed by atoms with van der Waals surface area (Å²) >= 11 is 0. The van der Waals surface area contributed by atoms with E-state index in [-0.39, 0.29) is 67.2 Å². The van der Waals surface area contributed by atoms with Crippen LogP contribution in [0.5, 0.6) is 0 Å². The van der Waals surface area contributed by atoms with E-state index in [2.05, 4.69) is 4.98 Å². The van der Waals surface area contributed by atoms with Gasteiger partial charge in [-0.2, -0.15) is 0 Å². The molecule has 5 aromatic rings. The molecule has 0 saturated heterocycles. The molecule has 27 heavy (non-hydrogen) atoms. The van der Waals surface area contributed by atoms with Gasteiger partial charge >= 0.3 is 51.4 Å². The van der Waals surface area contributed by atoms with Crippen LogP contribution in [0.25, 0.3) is 38.2 Å². The molecule has 6 nitrogen and oxygen atoms in total. The van der Waals surface area contributed by atoms with Gasteiger partial charge in [-0.3, -0.25) is 9.20 Å². The fourth-order valence-electron chi connectivity index (χ4n) is 3.65. The Labute approximate surface area is 196 Å². The van der Waals surface area contributed by atoms with Gasteiger partial charge in [-0.25, -0.2) is 13.4 Å². The molecule has 0 unspecified atom stereocenters. The van der Waals surface area contributed by atoms with E-state index < -0.39 is 10.1 Å². The summed E-state index contributed by atoms with van der Waals surface area (Å²) in [5.74, 6) is 0. The Morgan fingerprint density at radius 3 is 2.48 bits per heavy atom. The second kappa shape index (κ2) is 6.31. The number of aryl methyl sites for hydroxylation is 1. The maximum absolute atomic E-state index is 13.1. The van der Waals surface area contributed by atoms with Gasteiger partial charge in [0.15, 0.2) is 0 Å². The molecule has 0 radical (unpaired) electrons. The topological polar surface area (TPSA) is 91.6 Å². The fraction of sp³-hybridized carbons (Fsp3) is 0.0526. The van der Waals surface area contributed by atoms with E-state index in [1.807, 2.05) is 25.1 Å². The first-order valence-electron chi connectivity index (χ1n) is 7.92. The zero-order chi connectivity index (χ0) is 18.2. The normalized spacial score (nSPS) is 12.2. The predicted molar refractivity (Wildman–Crippen MR) is 97.9 cm³/mol. The van der Waals surface area contributed by atoms with Gasteiger partial charge in [0.25, 0.3) is 5.56 Å². The summed E-state index contributed by atoms with van der Waals surface area (Å²) in [6, 6.07) is 13.3. The number of benzene rings is 3. The third-order valence-electron chi connectivity index (χ3n) is 4.75. The van der Waals surface area contributed by atoms with Crippen LogP contribution in [0.4, 0.5) is 0 Å². The third kappa shape index (κ3) is 2.67. The van der Waals surface area contributed by atoms with Gasteiger partial charge < -0.3 is 4.55 Å². The Bertz CT molecular complexity index is 1540. The van der Waals surface area contributed by atoms with Crippen LogP contribution in [0.2, 0.25) is 0 Å². The van der Waals surface area contributed by atoms with Gasteiger partial charge in [0.2, 0.25) is 0 Å². The van der Waals surface area contributed by atoms with Crippen LogP contribution in [0.1, 0.15) is 5.56 Å². The van der Waals surface area contributed by atoms with Crippen molar-refractivity contribution in [3.63, 3.8) is 0 Å². The summed E-state index contributed by atoms with van der Waals surface area (Å²) in [4.78, 5) is 17.4. The number of nitrogens with zero attached hydrogens (tertiary/aromatic N) is 2. The minimum Gasteiger partial charge on any atom is -0.744 e. The molecule has 2 heterocycles. The predicted octanol–water partition coefficient (Wildman–Crippen LogP) is -0.192. The Hall–Kier alpha value is -1.39. The molecule has 0 fully saturated rings. The van der Waals surface area contributed by atoms with Gasteiger partial charge in [-0.15, -0.1) is 0 Å². The molecule has 0 atom stereocenters. The first-order chi connectivity index (χ1) is 12.4. The molecule has 128 valence electrons. The molecule has 0 amide bonds. The van der Waals surface area contributed by atoms with Gasteiger partial charge in [0.05, 0.1) is 15.9 Å². The van der Waals surface area contributed by atoms with Crippen molar-refractivity contribution in [1.82, 2.24) is 9.38 Å². The zero-order valence-corrected chi connectivity index (χ0v) is 18.5. The molecule has 2 aromatic heterocycles. The van der Waals surface area contributed by atoms with Gasteiger partial charge in [-0.1, -0.05) is 18.2 Å². The van der Waals surface area contributed by atoms with Gasteiger partial charge in [-0.05, 0) is 42.8 Å². The summed E-state index contributed by atoms with van der Waals surface area (Å²) in [5.41, 5.74) is 2.55. The Balaban J connectivity index is 0.00000180. The standard InChI is InChI=1S/C19H12N2O4S.K/c1-10-5-7-14-15(9-10)21-18(20-14)12-6-8-16(26(23,24)25)11-3-2-4-13(17(11)12)19(21)22;/h2-9H,1H3,(H,23,24,25);/q;+1/p-1. The molecule has 0 spiro atoms. The van der Waals surface area contributed by atoms with Crippen molar-refractivity contribution in [2.24, 2.45) is 0 Å². The average Bonchev–Trinajstić information content (AvgIpc) is 2.97. The summed E-state index contributed by atoms with van der Waals surface area (Å²) in [6.07, 6.45) is 0. The maximum Gasteiger partial charge on any atom is 1.00 e. The SMILES string of the molecule is Cc1ccc2nc3c4ccc(S(=O)(=O)[O-])c5cccc(c(=O)n3c2c1)c54.[K+]. The van der Waals surface area contributed by atoms with Crippen LogP contribution < -0.4 is 56.9 Å². The van der Waals surface area contributed by atoms with E-state index in [1.165, 1.54) is 6.07 Å². The zero-order valence-electron chi connectivity index (χ0n) is 14.6. The van der Waals surface area contributed by atoms with Crippen LogP contribution in [0, 0.1) is 6.92 Å². The molecule has 0 aliphatic heterocycles. The molecule has 0 N–H and O–H groups in total. The number of rotatable bonds is 1. The van der Waals surface area contributed by atoms with Crippen molar-refractivity contribution < 1.29 is 64.4 Å². The van der Waals surface area contributed by atoms with Crippen LogP contribution in [0.3, 0.4) is 0 Å². The number of hydrogen-bond donors (Lipinski definition) is 0. The number of imidazole rings is 1.